The van der Waals surface area contributed by atoms with Gasteiger partial charge in [-0.1, -0.05) is 12.1 Å². The lowest BCUT2D eigenvalue weighted by Gasteiger charge is -2.01. The highest BCUT2D eigenvalue weighted by atomic mass is 35.5. The van der Waals surface area contributed by atoms with Gasteiger partial charge in [0.15, 0.2) is 0 Å². The van der Waals surface area contributed by atoms with Gasteiger partial charge in [-0.05, 0) is 18.6 Å². The number of nitrogens with one attached hydrogen (secondary N) is 1. The fourth-order valence-corrected chi connectivity index (χ4v) is 3.13. The number of aliphatic imine (C=N–C) groups is 1. The van der Waals surface area contributed by atoms with Gasteiger partial charge in [0.2, 0.25) is 0 Å². The van der Waals surface area contributed by atoms with Gasteiger partial charge < -0.3 is 4.74 Å². The zero-order valence-corrected chi connectivity index (χ0v) is 11.9. The summed E-state index contributed by atoms with van der Waals surface area (Å²) in [5, 5.41) is 0. The van der Waals surface area contributed by atoms with E-state index in [0.717, 1.165) is 6.42 Å². The standard InChI is InChI=1S/C12H15ClN2O3S/c13-6-9-18-8-3-7-14-12-10-4-1-2-5-11(10)19(16,17)15-12/h1-2,4-5H,3,6-9H2,(H,14,15). The zero-order valence-electron chi connectivity index (χ0n) is 10.3. The lowest BCUT2D eigenvalue weighted by Crippen LogP contribution is -2.22. The molecule has 7 heteroatoms. The number of ether oxygens (including phenoxy) is 1. The zero-order chi connectivity index (χ0) is 13.7. The molecule has 104 valence electrons. The van der Waals surface area contributed by atoms with Gasteiger partial charge >= 0.3 is 0 Å². The summed E-state index contributed by atoms with van der Waals surface area (Å²) in [6.45, 7) is 1.60. The topological polar surface area (TPSA) is 67.8 Å². The molecule has 0 saturated heterocycles. The molecule has 0 fully saturated rings. The highest BCUT2D eigenvalue weighted by Crippen LogP contribution is 2.21. The Kier molecular flexibility index (Phi) is 4.79. The van der Waals surface area contributed by atoms with Crippen LogP contribution in [0.25, 0.3) is 0 Å². The largest absolute Gasteiger partial charge is 0.380 e. The van der Waals surface area contributed by atoms with E-state index >= 15 is 0 Å². The molecule has 0 aliphatic carbocycles. The highest BCUT2D eigenvalue weighted by Gasteiger charge is 2.29. The Balaban J connectivity index is 1.99. The summed E-state index contributed by atoms with van der Waals surface area (Å²) in [6.07, 6.45) is 0.726. The van der Waals surface area contributed by atoms with E-state index in [1.54, 1.807) is 24.3 Å². The van der Waals surface area contributed by atoms with Crippen molar-refractivity contribution >= 4 is 27.5 Å². The van der Waals surface area contributed by atoms with Crippen LogP contribution in [0.15, 0.2) is 34.2 Å². The molecular weight excluding hydrogens is 288 g/mol. The molecule has 1 heterocycles. The second kappa shape index (κ2) is 6.36. The predicted molar refractivity (Wildman–Crippen MR) is 74.3 cm³/mol. The maximum Gasteiger partial charge on any atom is 0.263 e. The average molecular weight is 303 g/mol. The molecule has 19 heavy (non-hydrogen) atoms. The number of alkyl halides is 1. The molecule has 1 aromatic rings. The van der Waals surface area contributed by atoms with Crippen LogP contribution in [0.1, 0.15) is 12.0 Å². The van der Waals surface area contributed by atoms with Crippen LogP contribution >= 0.6 is 11.6 Å². The monoisotopic (exact) mass is 302 g/mol. The van der Waals surface area contributed by atoms with E-state index in [4.69, 9.17) is 16.3 Å². The molecule has 0 aromatic heterocycles. The third kappa shape index (κ3) is 3.46. The lowest BCUT2D eigenvalue weighted by atomic mass is 10.2. The van der Waals surface area contributed by atoms with Crippen molar-refractivity contribution in [3.05, 3.63) is 29.8 Å². The van der Waals surface area contributed by atoms with Gasteiger partial charge in [0.25, 0.3) is 10.0 Å². The van der Waals surface area contributed by atoms with Crippen molar-refractivity contribution < 1.29 is 13.2 Å². The Morgan fingerprint density at radius 2 is 2.05 bits per heavy atom. The van der Waals surface area contributed by atoms with Gasteiger partial charge in [-0.3, -0.25) is 9.71 Å². The SMILES string of the molecule is O=S1(=O)NC(=NCCCOCCCl)c2ccccc21. The first-order valence-corrected chi connectivity index (χ1v) is 7.97. The molecule has 5 nitrogen and oxygen atoms in total. The average Bonchev–Trinajstić information content (AvgIpc) is 2.66. The third-order valence-electron chi connectivity index (χ3n) is 2.60. The van der Waals surface area contributed by atoms with Crippen molar-refractivity contribution in [1.29, 1.82) is 0 Å². The summed E-state index contributed by atoms with van der Waals surface area (Å²) in [4.78, 5) is 4.56. The molecule has 0 bridgehead atoms. The summed E-state index contributed by atoms with van der Waals surface area (Å²) in [7, 11) is -3.44. The number of rotatable bonds is 6. The van der Waals surface area contributed by atoms with Crippen molar-refractivity contribution in [1.82, 2.24) is 4.72 Å². The van der Waals surface area contributed by atoms with Gasteiger partial charge in [-0.15, -0.1) is 11.6 Å². The van der Waals surface area contributed by atoms with Crippen LogP contribution in [0, 0.1) is 0 Å². The Morgan fingerprint density at radius 1 is 1.26 bits per heavy atom. The van der Waals surface area contributed by atoms with E-state index < -0.39 is 10.0 Å². The van der Waals surface area contributed by atoms with Crippen LogP contribution in [-0.2, 0) is 14.8 Å². The first-order valence-electron chi connectivity index (χ1n) is 5.95. The van der Waals surface area contributed by atoms with Crippen LogP contribution in [-0.4, -0.2) is 39.9 Å². The van der Waals surface area contributed by atoms with Gasteiger partial charge in [0.05, 0.1) is 11.5 Å². The Labute approximate surface area is 117 Å². The number of sulfonamides is 1. The van der Waals surface area contributed by atoms with Crippen LogP contribution in [0.3, 0.4) is 0 Å². The fraction of sp³-hybridized carbons (Fsp3) is 0.417. The van der Waals surface area contributed by atoms with Gasteiger partial charge in [-0.25, -0.2) is 8.42 Å². The van der Waals surface area contributed by atoms with E-state index in [9.17, 15) is 8.42 Å². The molecular formula is C12H15ClN2O3S. The van der Waals surface area contributed by atoms with Crippen molar-refractivity contribution in [3.63, 3.8) is 0 Å². The third-order valence-corrected chi connectivity index (χ3v) is 4.15. The second-order valence-electron chi connectivity index (χ2n) is 3.99. The number of hydrogen-bond acceptors (Lipinski definition) is 4. The van der Waals surface area contributed by atoms with Crippen LogP contribution in [0.4, 0.5) is 0 Å². The summed E-state index contributed by atoms with van der Waals surface area (Å²) in [5.41, 5.74) is 0.629. The molecule has 0 radical (unpaired) electrons. The van der Waals surface area contributed by atoms with Crippen molar-refractivity contribution in [2.45, 2.75) is 11.3 Å². The van der Waals surface area contributed by atoms with Crippen LogP contribution in [0.2, 0.25) is 0 Å². The first-order chi connectivity index (χ1) is 9.15. The number of amidine groups is 1. The Bertz CT molecular complexity index is 572. The number of benzene rings is 1. The van der Waals surface area contributed by atoms with Gasteiger partial charge in [0, 0.05) is 24.6 Å². The predicted octanol–water partition coefficient (Wildman–Crippen LogP) is 1.37. The highest BCUT2D eigenvalue weighted by molar-refractivity contribution is 7.90. The number of fused-ring (bicyclic) bond motifs is 1. The first kappa shape index (κ1) is 14.3. The number of nitrogens with zero attached hydrogens (tertiary/aromatic N) is 1. The molecule has 1 aromatic carbocycles. The van der Waals surface area contributed by atoms with Crippen LogP contribution < -0.4 is 4.72 Å². The van der Waals surface area contributed by atoms with Gasteiger partial charge in [-0.2, -0.15) is 0 Å². The molecule has 1 N–H and O–H groups in total. The normalized spacial score (nSPS) is 18.3. The smallest absolute Gasteiger partial charge is 0.263 e. The molecule has 0 amide bonds. The summed E-state index contributed by atoms with van der Waals surface area (Å²) in [5.74, 6) is 0.884. The molecule has 2 rings (SSSR count). The summed E-state index contributed by atoms with van der Waals surface area (Å²) >= 11 is 5.48. The summed E-state index contributed by atoms with van der Waals surface area (Å²) in [6, 6.07) is 6.81. The fourth-order valence-electron chi connectivity index (χ4n) is 1.77. The lowest BCUT2D eigenvalue weighted by molar-refractivity contribution is 0.148. The van der Waals surface area contributed by atoms with Crippen LogP contribution in [0.5, 0.6) is 0 Å². The molecule has 1 aliphatic rings. The van der Waals surface area contributed by atoms with E-state index in [-0.39, 0.29) is 4.90 Å². The van der Waals surface area contributed by atoms with Gasteiger partial charge in [0.1, 0.15) is 5.84 Å². The molecule has 0 spiro atoms. The molecule has 0 atom stereocenters. The minimum Gasteiger partial charge on any atom is -0.380 e. The molecule has 0 unspecified atom stereocenters. The van der Waals surface area contributed by atoms with Crippen molar-refractivity contribution in [2.75, 3.05) is 25.6 Å². The second-order valence-corrected chi connectivity index (χ2v) is 6.02. The summed E-state index contributed by atoms with van der Waals surface area (Å²) < 4.78 is 31.3. The van der Waals surface area contributed by atoms with E-state index in [2.05, 4.69) is 9.71 Å². The maximum absolute atomic E-state index is 11.8. The Hall–Kier alpha value is -1.11. The minimum absolute atomic E-state index is 0.284. The maximum atomic E-state index is 11.8. The Morgan fingerprint density at radius 3 is 2.84 bits per heavy atom. The molecule has 1 aliphatic heterocycles. The van der Waals surface area contributed by atoms with E-state index in [0.29, 0.717) is 37.0 Å². The number of halogens is 1. The number of hydrogen-bond donors (Lipinski definition) is 1. The van der Waals surface area contributed by atoms with E-state index in [1.165, 1.54) is 0 Å². The van der Waals surface area contributed by atoms with Crippen molar-refractivity contribution in [3.8, 4) is 0 Å². The van der Waals surface area contributed by atoms with E-state index in [1.807, 2.05) is 0 Å². The molecule has 0 saturated carbocycles. The quantitative estimate of drug-likeness (QED) is 0.637. The van der Waals surface area contributed by atoms with Crippen molar-refractivity contribution in [2.24, 2.45) is 4.99 Å². The minimum atomic E-state index is -3.44.